The maximum Gasteiger partial charge on any atom is 0.418 e. The first-order chi connectivity index (χ1) is 9.77. The first kappa shape index (κ1) is 15.1. The average molecular weight is 316 g/mol. The van der Waals surface area contributed by atoms with Gasteiger partial charge in [-0.25, -0.2) is 4.98 Å². The van der Waals surface area contributed by atoms with Gasteiger partial charge in [-0.2, -0.15) is 13.2 Å². The lowest BCUT2D eigenvalue weighted by molar-refractivity contribution is -0.136. The SMILES string of the molecule is NC(=O)c1ccc(Nc2ccc(Cl)cc2C(F)(F)F)cn1. The van der Waals surface area contributed by atoms with Gasteiger partial charge in [0.2, 0.25) is 0 Å². The second-order valence-electron chi connectivity index (χ2n) is 4.11. The van der Waals surface area contributed by atoms with Gasteiger partial charge in [-0.05, 0) is 30.3 Å². The van der Waals surface area contributed by atoms with Crippen molar-refractivity contribution in [1.82, 2.24) is 4.98 Å². The molecule has 3 N–H and O–H groups in total. The Morgan fingerprint density at radius 3 is 2.48 bits per heavy atom. The van der Waals surface area contributed by atoms with Gasteiger partial charge in [0.1, 0.15) is 5.69 Å². The summed E-state index contributed by atoms with van der Waals surface area (Å²) >= 11 is 5.59. The molecule has 0 bridgehead atoms. The first-order valence-corrected chi connectivity index (χ1v) is 6.05. The molecule has 0 spiro atoms. The number of pyridine rings is 1. The van der Waals surface area contributed by atoms with Crippen LogP contribution in [0.15, 0.2) is 36.5 Å². The molecule has 0 atom stereocenters. The Hall–Kier alpha value is -2.28. The van der Waals surface area contributed by atoms with Gasteiger partial charge in [0.05, 0.1) is 23.1 Å². The van der Waals surface area contributed by atoms with Crippen molar-refractivity contribution in [1.29, 1.82) is 0 Å². The standard InChI is InChI=1S/C13H9ClF3N3O/c14-7-1-3-10(9(5-7)13(15,16)17)20-8-2-4-11(12(18)21)19-6-8/h1-6,20H,(H2,18,21). The van der Waals surface area contributed by atoms with Crippen LogP contribution in [0.5, 0.6) is 0 Å². The van der Waals surface area contributed by atoms with Crippen LogP contribution < -0.4 is 11.1 Å². The summed E-state index contributed by atoms with van der Waals surface area (Å²) in [4.78, 5) is 14.6. The number of rotatable bonds is 3. The molecular weight excluding hydrogens is 307 g/mol. The van der Waals surface area contributed by atoms with Crippen molar-refractivity contribution in [3.63, 3.8) is 0 Å². The van der Waals surface area contributed by atoms with Gasteiger partial charge in [-0.3, -0.25) is 4.79 Å². The molecule has 2 rings (SSSR count). The van der Waals surface area contributed by atoms with Gasteiger partial charge < -0.3 is 11.1 Å². The van der Waals surface area contributed by atoms with E-state index in [9.17, 15) is 18.0 Å². The molecule has 8 heteroatoms. The average Bonchev–Trinajstić information content (AvgIpc) is 2.40. The number of amides is 1. The molecule has 0 saturated heterocycles. The van der Waals surface area contributed by atoms with Crippen LogP contribution in [-0.2, 0) is 6.18 Å². The van der Waals surface area contributed by atoms with Crippen LogP contribution in [-0.4, -0.2) is 10.9 Å². The number of nitrogens with zero attached hydrogens (tertiary/aromatic N) is 1. The van der Waals surface area contributed by atoms with E-state index in [4.69, 9.17) is 17.3 Å². The minimum atomic E-state index is -4.55. The molecule has 1 amide bonds. The van der Waals surface area contributed by atoms with Crippen LogP contribution in [0.1, 0.15) is 16.1 Å². The Kier molecular flexibility index (Phi) is 4.04. The van der Waals surface area contributed by atoms with E-state index in [-0.39, 0.29) is 22.1 Å². The van der Waals surface area contributed by atoms with Crippen LogP contribution in [0.25, 0.3) is 0 Å². The van der Waals surface area contributed by atoms with Gasteiger partial charge >= 0.3 is 6.18 Å². The van der Waals surface area contributed by atoms with Crippen molar-refractivity contribution < 1.29 is 18.0 Å². The Balaban J connectivity index is 2.33. The molecule has 1 aromatic carbocycles. The third-order valence-corrected chi connectivity index (χ3v) is 2.82. The largest absolute Gasteiger partial charge is 0.418 e. The van der Waals surface area contributed by atoms with Crippen molar-refractivity contribution in [2.75, 3.05) is 5.32 Å². The predicted molar refractivity (Wildman–Crippen MR) is 72.5 cm³/mol. The number of benzene rings is 1. The van der Waals surface area contributed by atoms with E-state index in [0.29, 0.717) is 0 Å². The minimum Gasteiger partial charge on any atom is -0.364 e. The Bertz CT molecular complexity index is 671. The van der Waals surface area contributed by atoms with Crippen molar-refractivity contribution in [3.8, 4) is 0 Å². The quantitative estimate of drug-likeness (QED) is 0.909. The van der Waals surface area contributed by atoms with E-state index in [1.165, 1.54) is 30.5 Å². The summed E-state index contributed by atoms with van der Waals surface area (Å²) in [7, 11) is 0. The molecule has 0 aliphatic rings. The lowest BCUT2D eigenvalue weighted by atomic mass is 10.1. The van der Waals surface area contributed by atoms with Crippen LogP contribution in [0.3, 0.4) is 0 Å². The maximum absolute atomic E-state index is 12.9. The third kappa shape index (κ3) is 3.63. The lowest BCUT2D eigenvalue weighted by Crippen LogP contribution is -2.13. The van der Waals surface area contributed by atoms with Crippen molar-refractivity contribution in [2.45, 2.75) is 6.18 Å². The number of carbonyl (C=O) groups excluding carboxylic acids is 1. The first-order valence-electron chi connectivity index (χ1n) is 5.67. The zero-order valence-corrected chi connectivity index (χ0v) is 11.2. The van der Waals surface area contributed by atoms with Gasteiger partial charge in [0.15, 0.2) is 0 Å². The van der Waals surface area contributed by atoms with E-state index >= 15 is 0 Å². The summed E-state index contributed by atoms with van der Waals surface area (Å²) in [6.45, 7) is 0. The normalized spacial score (nSPS) is 11.2. The van der Waals surface area contributed by atoms with Crippen molar-refractivity contribution >= 4 is 28.9 Å². The highest BCUT2D eigenvalue weighted by Crippen LogP contribution is 2.37. The van der Waals surface area contributed by atoms with E-state index < -0.39 is 17.6 Å². The smallest absolute Gasteiger partial charge is 0.364 e. The highest BCUT2D eigenvalue weighted by molar-refractivity contribution is 6.30. The van der Waals surface area contributed by atoms with Gasteiger partial charge in [0.25, 0.3) is 5.91 Å². The number of anilines is 2. The molecule has 0 fully saturated rings. The minimum absolute atomic E-state index is 0.0184. The molecule has 0 aliphatic carbocycles. The topological polar surface area (TPSA) is 68.0 Å². The molecule has 21 heavy (non-hydrogen) atoms. The highest BCUT2D eigenvalue weighted by atomic mass is 35.5. The fourth-order valence-corrected chi connectivity index (χ4v) is 1.80. The molecule has 110 valence electrons. The second-order valence-corrected chi connectivity index (χ2v) is 4.55. The number of halogens is 4. The van der Waals surface area contributed by atoms with Crippen LogP contribution >= 0.6 is 11.6 Å². The van der Waals surface area contributed by atoms with Gasteiger partial charge in [0, 0.05) is 5.02 Å². The Labute approximate surface area is 122 Å². The van der Waals surface area contributed by atoms with E-state index in [1.807, 2.05) is 0 Å². The van der Waals surface area contributed by atoms with E-state index in [2.05, 4.69) is 10.3 Å². The second kappa shape index (κ2) is 5.61. The summed E-state index contributed by atoms with van der Waals surface area (Å²) in [6.07, 6.45) is -3.33. The molecule has 1 aromatic heterocycles. The molecule has 0 saturated carbocycles. The number of primary amides is 1. The van der Waals surface area contributed by atoms with Crippen LogP contribution in [0, 0.1) is 0 Å². The molecule has 0 radical (unpaired) electrons. The van der Waals surface area contributed by atoms with Gasteiger partial charge in [-0.1, -0.05) is 11.6 Å². The number of carbonyl (C=O) groups is 1. The lowest BCUT2D eigenvalue weighted by Gasteiger charge is -2.14. The molecule has 4 nitrogen and oxygen atoms in total. The number of hydrogen-bond acceptors (Lipinski definition) is 3. The monoisotopic (exact) mass is 315 g/mol. The summed E-state index contributed by atoms with van der Waals surface area (Å²) in [5.41, 5.74) is 4.27. The number of aromatic nitrogens is 1. The fourth-order valence-electron chi connectivity index (χ4n) is 1.63. The van der Waals surface area contributed by atoms with E-state index in [0.717, 1.165) is 6.07 Å². The number of nitrogens with one attached hydrogen (secondary N) is 1. The summed E-state index contributed by atoms with van der Waals surface area (Å²) < 4.78 is 38.8. The predicted octanol–water partition coefficient (Wildman–Crippen LogP) is 3.60. The molecule has 1 heterocycles. The molecule has 2 aromatic rings. The zero-order chi connectivity index (χ0) is 15.6. The fraction of sp³-hybridized carbons (Fsp3) is 0.0769. The summed E-state index contributed by atoms with van der Waals surface area (Å²) in [5.74, 6) is -0.718. The molecular formula is C13H9ClF3N3O. The zero-order valence-electron chi connectivity index (χ0n) is 10.4. The van der Waals surface area contributed by atoms with Crippen LogP contribution in [0.4, 0.5) is 24.5 Å². The van der Waals surface area contributed by atoms with Crippen molar-refractivity contribution in [2.24, 2.45) is 5.73 Å². The Morgan fingerprint density at radius 1 is 1.24 bits per heavy atom. The Morgan fingerprint density at radius 2 is 1.95 bits per heavy atom. The third-order valence-electron chi connectivity index (χ3n) is 2.58. The highest BCUT2D eigenvalue weighted by Gasteiger charge is 2.33. The molecule has 0 aliphatic heterocycles. The summed E-state index contributed by atoms with van der Waals surface area (Å²) in [5, 5.41) is 2.56. The van der Waals surface area contributed by atoms with E-state index in [1.54, 1.807) is 0 Å². The maximum atomic E-state index is 12.9. The number of hydrogen-bond donors (Lipinski definition) is 2. The van der Waals surface area contributed by atoms with Gasteiger partial charge in [-0.15, -0.1) is 0 Å². The number of nitrogens with two attached hydrogens (primary N) is 1. The molecule has 0 unspecified atom stereocenters. The number of alkyl halides is 3. The van der Waals surface area contributed by atoms with Crippen molar-refractivity contribution in [3.05, 3.63) is 52.8 Å². The summed E-state index contributed by atoms with van der Waals surface area (Å²) in [6, 6.07) is 6.10. The van der Waals surface area contributed by atoms with Crippen LogP contribution in [0.2, 0.25) is 5.02 Å².